The Morgan fingerprint density at radius 3 is 2.60 bits per heavy atom. The van der Waals surface area contributed by atoms with Crippen LogP contribution in [0.15, 0.2) is 24.3 Å². The number of piperazine rings is 1. The van der Waals surface area contributed by atoms with Crippen LogP contribution in [0.5, 0.6) is 5.75 Å². The number of hydrogen-bond donors (Lipinski definition) is 2. The summed E-state index contributed by atoms with van der Waals surface area (Å²) >= 11 is 0. The maximum Gasteiger partial charge on any atom is 0.234 e. The van der Waals surface area contributed by atoms with Crippen molar-refractivity contribution in [2.45, 2.75) is 39.2 Å². The number of para-hydroxylation sites is 2. The number of phenols is 1. The molecular formula is C20H31N3O2. The van der Waals surface area contributed by atoms with E-state index >= 15 is 0 Å². The van der Waals surface area contributed by atoms with Crippen LogP contribution in [-0.2, 0) is 4.79 Å². The lowest BCUT2D eigenvalue weighted by Gasteiger charge is -2.37. The molecule has 138 valence electrons. The van der Waals surface area contributed by atoms with Crippen LogP contribution in [0.25, 0.3) is 0 Å². The monoisotopic (exact) mass is 345 g/mol. The number of nitrogens with one attached hydrogen (secondary N) is 1. The number of phenolic OH excluding ortho intramolecular Hbond substituents is 1. The molecule has 1 heterocycles. The molecule has 0 radical (unpaired) electrons. The minimum Gasteiger partial charge on any atom is -0.506 e. The second kappa shape index (κ2) is 8.09. The van der Waals surface area contributed by atoms with Gasteiger partial charge in [-0.3, -0.25) is 9.69 Å². The molecule has 3 atom stereocenters. The molecule has 1 aliphatic carbocycles. The van der Waals surface area contributed by atoms with Gasteiger partial charge in [0.05, 0.1) is 12.2 Å². The van der Waals surface area contributed by atoms with E-state index in [4.69, 9.17) is 0 Å². The van der Waals surface area contributed by atoms with Gasteiger partial charge < -0.3 is 15.3 Å². The van der Waals surface area contributed by atoms with Gasteiger partial charge in [-0.2, -0.15) is 0 Å². The highest BCUT2D eigenvalue weighted by Crippen LogP contribution is 2.29. The Balaban J connectivity index is 1.46. The number of benzene rings is 1. The minimum atomic E-state index is 0.155. The summed E-state index contributed by atoms with van der Waals surface area (Å²) < 4.78 is 0. The molecule has 5 nitrogen and oxygen atoms in total. The first-order chi connectivity index (χ1) is 12.0. The van der Waals surface area contributed by atoms with Crippen LogP contribution in [0.3, 0.4) is 0 Å². The Bertz CT molecular complexity index is 584. The topological polar surface area (TPSA) is 55.8 Å². The van der Waals surface area contributed by atoms with E-state index in [0.717, 1.165) is 38.3 Å². The molecule has 2 aliphatic rings. The van der Waals surface area contributed by atoms with Crippen molar-refractivity contribution in [1.82, 2.24) is 10.2 Å². The molecular weight excluding hydrogens is 314 g/mol. The van der Waals surface area contributed by atoms with Gasteiger partial charge in [0.2, 0.25) is 5.91 Å². The molecule has 1 aliphatic heterocycles. The van der Waals surface area contributed by atoms with Crippen LogP contribution in [0.4, 0.5) is 5.69 Å². The van der Waals surface area contributed by atoms with Gasteiger partial charge in [-0.05, 0) is 30.4 Å². The van der Waals surface area contributed by atoms with E-state index in [1.807, 2.05) is 18.2 Å². The van der Waals surface area contributed by atoms with Gasteiger partial charge in [-0.1, -0.05) is 38.8 Å². The molecule has 0 aromatic heterocycles. The number of aromatic hydroxyl groups is 1. The van der Waals surface area contributed by atoms with Crippen LogP contribution in [0.2, 0.25) is 0 Å². The Morgan fingerprint density at radius 2 is 1.88 bits per heavy atom. The van der Waals surface area contributed by atoms with E-state index in [0.29, 0.717) is 30.2 Å². The third-order valence-electron chi connectivity index (χ3n) is 6.02. The molecule has 2 N–H and O–H groups in total. The number of anilines is 1. The maximum atomic E-state index is 12.4. The molecule has 1 amide bonds. The first-order valence-electron chi connectivity index (χ1n) is 9.59. The zero-order valence-corrected chi connectivity index (χ0v) is 15.4. The average molecular weight is 345 g/mol. The summed E-state index contributed by atoms with van der Waals surface area (Å²) in [5.74, 6) is 1.74. The average Bonchev–Trinajstić information content (AvgIpc) is 2.60. The second-order valence-electron chi connectivity index (χ2n) is 7.69. The summed E-state index contributed by atoms with van der Waals surface area (Å²) in [5.41, 5.74) is 0.886. The van der Waals surface area contributed by atoms with Crippen molar-refractivity contribution < 1.29 is 9.90 Å². The zero-order chi connectivity index (χ0) is 17.8. The number of carbonyl (C=O) groups excluding carboxylic acids is 1. The minimum absolute atomic E-state index is 0.155. The molecule has 1 saturated carbocycles. The molecule has 1 aromatic rings. The highest BCUT2D eigenvalue weighted by atomic mass is 16.3. The van der Waals surface area contributed by atoms with Crippen molar-refractivity contribution in [3.63, 3.8) is 0 Å². The quantitative estimate of drug-likeness (QED) is 0.880. The van der Waals surface area contributed by atoms with Gasteiger partial charge in [-0.25, -0.2) is 0 Å². The summed E-state index contributed by atoms with van der Waals surface area (Å²) in [7, 11) is 0. The predicted octanol–water partition coefficient (Wildman–Crippen LogP) is 2.46. The van der Waals surface area contributed by atoms with Gasteiger partial charge in [0.15, 0.2) is 0 Å². The van der Waals surface area contributed by atoms with Crippen LogP contribution in [0.1, 0.15) is 33.1 Å². The summed E-state index contributed by atoms with van der Waals surface area (Å²) in [5, 5.41) is 13.2. The Labute approximate surface area is 151 Å². The number of carbonyl (C=O) groups is 1. The lowest BCUT2D eigenvalue weighted by molar-refractivity contribution is -0.123. The highest BCUT2D eigenvalue weighted by molar-refractivity contribution is 5.78. The van der Waals surface area contributed by atoms with Crippen molar-refractivity contribution in [2.24, 2.45) is 11.8 Å². The predicted molar refractivity (Wildman–Crippen MR) is 101 cm³/mol. The van der Waals surface area contributed by atoms with E-state index in [1.165, 1.54) is 12.8 Å². The Morgan fingerprint density at radius 1 is 1.16 bits per heavy atom. The van der Waals surface area contributed by atoms with Gasteiger partial charge >= 0.3 is 0 Å². The smallest absolute Gasteiger partial charge is 0.234 e. The summed E-state index contributed by atoms with van der Waals surface area (Å²) in [4.78, 5) is 16.8. The van der Waals surface area contributed by atoms with Crippen LogP contribution in [0, 0.1) is 11.8 Å². The van der Waals surface area contributed by atoms with Crippen molar-refractivity contribution in [1.29, 1.82) is 0 Å². The van der Waals surface area contributed by atoms with Crippen molar-refractivity contribution >= 4 is 11.6 Å². The molecule has 0 spiro atoms. The first kappa shape index (κ1) is 18.1. The third kappa shape index (κ3) is 4.46. The third-order valence-corrected chi connectivity index (χ3v) is 6.02. The molecule has 5 heteroatoms. The normalized spacial score (nSPS) is 27.9. The van der Waals surface area contributed by atoms with Gasteiger partial charge in [0.25, 0.3) is 0 Å². The largest absolute Gasteiger partial charge is 0.506 e. The molecule has 0 unspecified atom stereocenters. The maximum absolute atomic E-state index is 12.4. The fourth-order valence-corrected chi connectivity index (χ4v) is 4.12. The first-order valence-corrected chi connectivity index (χ1v) is 9.59. The number of amides is 1. The summed E-state index contributed by atoms with van der Waals surface area (Å²) in [6, 6.07) is 7.79. The van der Waals surface area contributed by atoms with Crippen molar-refractivity contribution in [2.75, 3.05) is 37.6 Å². The number of hydrogen-bond acceptors (Lipinski definition) is 4. The van der Waals surface area contributed by atoms with Gasteiger partial charge in [0, 0.05) is 32.2 Å². The van der Waals surface area contributed by atoms with E-state index < -0.39 is 0 Å². The lowest BCUT2D eigenvalue weighted by atomic mass is 9.78. The highest BCUT2D eigenvalue weighted by Gasteiger charge is 2.29. The molecule has 2 fully saturated rings. The molecule has 25 heavy (non-hydrogen) atoms. The van der Waals surface area contributed by atoms with Crippen molar-refractivity contribution in [3.05, 3.63) is 24.3 Å². The summed E-state index contributed by atoms with van der Waals surface area (Å²) in [6.07, 6.45) is 3.61. The van der Waals surface area contributed by atoms with E-state index in [2.05, 4.69) is 29.0 Å². The SMILES string of the molecule is C[C@@H]1[C@@H](C)CCC[C@H]1NC(=O)CN1CCN(c2ccccc2O)CC1. The zero-order valence-electron chi connectivity index (χ0n) is 15.4. The van der Waals surface area contributed by atoms with Gasteiger partial charge in [-0.15, -0.1) is 0 Å². The Hall–Kier alpha value is -1.75. The fourth-order valence-electron chi connectivity index (χ4n) is 4.12. The molecule has 1 saturated heterocycles. The van der Waals surface area contributed by atoms with Crippen LogP contribution >= 0.6 is 0 Å². The fraction of sp³-hybridized carbons (Fsp3) is 0.650. The van der Waals surface area contributed by atoms with E-state index in [1.54, 1.807) is 6.07 Å². The molecule has 3 rings (SSSR count). The van der Waals surface area contributed by atoms with Crippen LogP contribution < -0.4 is 10.2 Å². The lowest BCUT2D eigenvalue weighted by Crippen LogP contribution is -2.52. The number of nitrogens with zero attached hydrogens (tertiary/aromatic N) is 2. The Kier molecular flexibility index (Phi) is 5.84. The molecule has 0 bridgehead atoms. The van der Waals surface area contributed by atoms with Gasteiger partial charge in [0.1, 0.15) is 5.75 Å². The standard InChI is InChI=1S/C20H31N3O2/c1-15-6-5-7-17(16(15)2)21-20(25)14-22-10-12-23(13-11-22)18-8-3-4-9-19(18)24/h3-4,8-9,15-17,24H,5-7,10-14H2,1-2H3,(H,21,25)/t15-,16+,17+/m0/s1. The second-order valence-corrected chi connectivity index (χ2v) is 7.69. The van der Waals surface area contributed by atoms with Crippen molar-refractivity contribution in [3.8, 4) is 5.75 Å². The van der Waals surface area contributed by atoms with E-state index in [-0.39, 0.29) is 5.91 Å². The molecule has 1 aromatic carbocycles. The summed E-state index contributed by atoms with van der Waals surface area (Å²) in [6.45, 7) is 8.40. The number of rotatable bonds is 4. The van der Waals surface area contributed by atoms with Crippen LogP contribution in [-0.4, -0.2) is 54.7 Å². The van der Waals surface area contributed by atoms with E-state index in [9.17, 15) is 9.90 Å².